The second-order valence-electron chi connectivity index (χ2n) is 39.6. The fourth-order valence-electron chi connectivity index (χ4n) is 18.2. The maximum absolute atomic E-state index is 7.33. The van der Waals surface area contributed by atoms with Crippen molar-refractivity contribution in [3.05, 3.63) is 240 Å². The van der Waals surface area contributed by atoms with Gasteiger partial charge < -0.3 is 19.6 Å². The van der Waals surface area contributed by atoms with Gasteiger partial charge in [-0.05, 0) is 247 Å². The lowest BCUT2D eigenvalue weighted by molar-refractivity contribution is 0.193. The summed E-state index contributed by atoms with van der Waals surface area (Å²) < 4.78 is 2.25. The zero-order chi connectivity index (χ0) is 78.6. The molecular weight excluding hydrogens is 1750 g/mol. The largest absolute Gasteiger partial charge is 0.355 e. The van der Waals surface area contributed by atoms with Crippen molar-refractivity contribution >= 4 is 204 Å². The first-order valence-electron chi connectivity index (χ1n) is 39.5. The average molecular weight is 1860 g/mol. The summed E-state index contributed by atoms with van der Waals surface area (Å²) in [6.07, 6.45) is 10.1. The Morgan fingerprint density at radius 1 is 0.376 bits per heavy atom. The van der Waals surface area contributed by atoms with Gasteiger partial charge in [0, 0.05) is 97.7 Å². The molecule has 4 heterocycles. The van der Waals surface area contributed by atoms with Crippen molar-refractivity contribution in [1.82, 2.24) is 0 Å². The fraction of sp³-hybridized carbons (Fsp3) is 0.417. The lowest BCUT2D eigenvalue weighted by Gasteiger charge is -2.51. The van der Waals surface area contributed by atoms with Crippen LogP contribution in [-0.4, -0.2) is 6.99 Å². The van der Waals surface area contributed by atoms with Crippen molar-refractivity contribution in [2.45, 2.75) is 258 Å². The minimum Gasteiger partial charge on any atom is -0.311 e. The Hall–Kier alpha value is -4.74. The number of hydrogen-bond acceptors (Lipinski definition) is 6. The molecule has 0 radical (unpaired) electrons. The molecule has 2 saturated carbocycles. The number of hydrogen-bond donors (Lipinski definition) is 0. The maximum Gasteiger partial charge on any atom is 0.355 e. The minimum atomic E-state index is 0.0183. The SMILES string of the molecule is CC(C)(C)c1ccc(N(c2ccc(C(C)(C)C)cc2)c2cc(Cl)cc(N(c3ccc(C(C)(C)C)cc3)c3csc4c3C3(C)CCC4(C)CC3)c2)cc1.CC(C)(C)c1ccc(N2c3ccc(C(C)(C)C)cc3B3c4sc5c(c4N(c4ccc(C(C)(C)C)cc4)c4cc(Cl)cc2c43)C2(C)CCC5(C)CC2)cc1.IB(I)I. The summed E-state index contributed by atoms with van der Waals surface area (Å²) in [4.78, 5) is 13.2. The molecule has 0 saturated heterocycles. The van der Waals surface area contributed by atoms with Gasteiger partial charge in [0.15, 0.2) is 0 Å². The molecule has 0 amide bonds. The van der Waals surface area contributed by atoms with E-state index in [2.05, 4.69) is 426 Å². The molecule has 6 aliphatic carbocycles. The Balaban J connectivity index is 0.000000174. The normalized spacial score (nSPS) is 20.4. The number of nitrogens with zero attached hydrogens (tertiary/aromatic N) is 4. The van der Waals surface area contributed by atoms with Gasteiger partial charge in [0.05, 0.1) is 11.4 Å². The van der Waals surface area contributed by atoms with Crippen LogP contribution in [0.1, 0.15) is 258 Å². The molecule has 0 unspecified atom stereocenters. The number of thiophene rings is 2. The first-order chi connectivity index (χ1) is 50.8. The molecule has 4 bridgehead atoms. The molecule has 10 aromatic rings. The third-order valence-corrected chi connectivity index (χ3v) is 28.5. The van der Waals surface area contributed by atoms with Crippen molar-refractivity contribution in [3.8, 4) is 0 Å². The third kappa shape index (κ3) is 15.3. The van der Waals surface area contributed by atoms with Crippen LogP contribution in [0.15, 0.2) is 175 Å². The molecule has 13 heteroatoms. The van der Waals surface area contributed by atoms with Crippen LogP contribution in [0.3, 0.4) is 0 Å². The van der Waals surface area contributed by atoms with Crippen LogP contribution in [0.5, 0.6) is 0 Å². The Bertz CT molecular complexity index is 5000. The third-order valence-electron chi connectivity index (χ3n) is 25.3. The second-order valence-corrected chi connectivity index (χ2v) is 53.3. The zero-order valence-electron chi connectivity index (χ0n) is 68.5. The van der Waals surface area contributed by atoms with E-state index in [-0.39, 0.29) is 60.9 Å². The van der Waals surface area contributed by atoms with E-state index in [0.29, 0.717) is 0 Å². The molecule has 8 aliphatic rings. The van der Waals surface area contributed by atoms with Crippen LogP contribution in [0.4, 0.5) is 68.2 Å². The lowest BCUT2D eigenvalue weighted by atomic mass is 9.35. The number of rotatable bonds is 8. The predicted octanol–water partition coefficient (Wildman–Crippen LogP) is 30.1. The van der Waals surface area contributed by atoms with Gasteiger partial charge >= 0.3 is 0.282 Å². The van der Waals surface area contributed by atoms with Crippen LogP contribution in [-0.2, 0) is 54.1 Å². The Morgan fingerprint density at radius 2 is 0.716 bits per heavy atom. The van der Waals surface area contributed by atoms with Crippen LogP contribution < -0.4 is 35.3 Å². The van der Waals surface area contributed by atoms with Crippen LogP contribution in [0.25, 0.3) is 0 Å². The highest BCUT2D eigenvalue weighted by Gasteiger charge is 2.56. The van der Waals surface area contributed by atoms with E-state index >= 15 is 0 Å². The standard InChI is InChI=1S/C48H54BClN2S.C48H57ClN2S.BI3/c1-44(2,3)29-12-17-33(18-13-29)51-36-21-16-31(46(7,8)9)26-35(36)49-40-37(51)27-32(50)28-38(40)52(34-19-14-30(15-20-34)45(4,5)6)41-39-42(53-43(41)49)48(11)24-22-47(39,10)23-25-48;1-44(2,3)32-12-18-36(19-13-32)50(37-20-14-33(15-21-37)45(4,5)6)39-28-35(49)29-40(30-39)51(38-22-16-34(17-23-38)46(7,8)9)41-31-52-43-42(41)47(10)24-26-48(43,11)27-25-47;2-1(3)4/h12-21,26-28H,22-25H2,1-11H3;12-23,28-31H,24-27H2,1-11H3;. The van der Waals surface area contributed by atoms with Gasteiger partial charge in [-0.15, -0.1) is 78.5 Å². The van der Waals surface area contributed by atoms with Gasteiger partial charge in [0.25, 0.3) is 6.71 Å². The smallest absolute Gasteiger partial charge is 0.311 e. The summed E-state index contributed by atoms with van der Waals surface area (Å²) in [7, 11) is 0. The van der Waals surface area contributed by atoms with Crippen LogP contribution in [0, 0.1) is 0 Å². The first kappa shape index (κ1) is 80.9. The zero-order valence-corrected chi connectivity index (χ0v) is 78.2. The minimum absolute atomic E-state index is 0.0183. The summed E-state index contributed by atoms with van der Waals surface area (Å²) in [5.41, 5.74) is 29.4. The Labute approximate surface area is 713 Å². The van der Waals surface area contributed by atoms with E-state index in [1.54, 1.807) is 20.9 Å². The number of halogens is 5. The molecule has 8 aromatic carbocycles. The first-order valence-corrected chi connectivity index (χ1v) is 45.7. The topological polar surface area (TPSA) is 13.0 Å². The molecule has 0 spiro atoms. The van der Waals surface area contributed by atoms with Gasteiger partial charge in [0.2, 0.25) is 0 Å². The van der Waals surface area contributed by atoms with Gasteiger partial charge in [-0.1, -0.05) is 248 Å². The molecule has 568 valence electrons. The highest BCUT2D eigenvalue weighted by molar-refractivity contribution is 14.4. The van der Waals surface area contributed by atoms with E-state index in [0.717, 1.165) is 38.8 Å². The summed E-state index contributed by atoms with van der Waals surface area (Å²) in [6.45, 7) is 51.5. The van der Waals surface area contributed by atoms with E-state index in [4.69, 9.17) is 23.2 Å². The van der Waals surface area contributed by atoms with Gasteiger partial charge in [0.1, 0.15) is 0 Å². The quantitative estimate of drug-likeness (QED) is 0.111. The van der Waals surface area contributed by atoms with Crippen molar-refractivity contribution < 1.29 is 0 Å². The molecule has 109 heavy (non-hydrogen) atoms. The monoisotopic (exact) mass is 1860 g/mol. The van der Waals surface area contributed by atoms with Gasteiger partial charge in [-0.3, -0.25) is 0 Å². The summed E-state index contributed by atoms with van der Waals surface area (Å²) >= 11 is 25.6. The lowest BCUT2D eigenvalue weighted by Crippen LogP contribution is -2.61. The Morgan fingerprint density at radius 3 is 1.14 bits per heavy atom. The van der Waals surface area contributed by atoms with Gasteiger partial charge in [-0.2, -0.15) is 11.3 Å². The highest BCUT2D eigenvalue weighted by Crippen LogP contribution is 2.65. The molecular formula is C96H111B2Cl2I3N4S2. The van der Waals surface area contributed by atoms with Crippen molar-refractivity contribution in [1.29, 1.82) is 0 Å². The molecule has 18 rings (SSSR count). The van der Waals surface area contributed by atoms with E-state index in [9.17, 15) is 0 Å². The number of anilines is 12. The summed E-state index contributed by atoms with van der Waals surface area (Å²) in [5.74, 6) is 0. The highest BCUT2D eigenvalue weighted by atomic mass is 127. The van der Waals surface area contributed by atoms with Crippen molar-refractivity contribution in [3.63, 3.8) is 0 Å². The molecule has 0 atom stereocenters. The average Bonchev–Trinajstić information content (AvgIpc) is 1.55. The van der Waals surface area contributed by atoms with E-state index < -0.39 is 0 Å². The number of benzene rings is 8. The molecule has 0 N–H and O–H groups in total. The molecule has 2 aromatic heterocycles. The van der Waals surface area contributed by atoms with Crippen molar-refractivity contribution in [2.24, 2.45) is 0 Å². The second kappa shape index (κ2) is 28.9. The maximum atomic E-state index is 7.33. The van der Waals surface area contributed by atoms with E-state index in [1.807, 2.05) is 11.3 Å². The van der Waals surface area contributed by atoms with Crippen LogP contribution in [0.2, 0.25) is 10.0 Å². The Kier molecular flexibility index (Phi) is 21.4. The summed E-state index contributed by atoms with van der Waals surface area (Å²) in [5, 5.41) is 3.92. The van der Waals surface area contributed by atoms with Crippen molar-refractivity contribution in [2.75, 3.05) is 19.6 Å². The van der Waals surface area contributed by atoms with E-state index in [1.165, 1.54) is 140 Å². The number of fused-ring (bicyclic) bond motifs is 8. The summed E-state index contributed by atoms with van der Waals surface area (Å²) in [6, 6.07) is 64.5. The molecule has 4 nitrogen and oxygen atoms in total. The molecule has 2 fully saturated rings. The van der Waals surface area contributed by atoms with Crippen LogP contribution >= 0.6 is 113 Å². The molecule has 2 aliphatic heterocycles. The predicted molar refractivity (Wildman–Crippen MR) is 508 cm³/mol. The fourth-order valence-corrected chi connectivity index (χ4v) is 21.8. The van der Waals surface area contributed by atoms with Gasteiger partial charge in [-0.25, -0.2) is 0 Å².